The number of anilines is 1. The second-order valence-electron chi connectivity index (χ2n) is 7.91. The molecule has 1 aliphatic heterocycles. The molecule has 1 amide bonds. The van der Waals surface area contributed by atoms with Crippen LogP contribution in [0, 0.1) is 6.92 Å². The SMILES string of the molecule is COc1ccc(S(=O)(=O)N2Cc3ccccc3C[C@@H]2C(=O)Nc2ccc(C)cc2)cc1OC. The van der Waals surface area contributed by atoms with Crippen LogP contribution in [-0.2, 0) is 27.8 Å². The number of hydrogen-bond acceptors (Lipinski definition) is 5. The van der Waals surface area contributed by atoms with Gasteiger partial charge in [0.05, 0.1) is 19.1 Å². The highest BCUT2D eigenvalue weighted by Crippen LogP contribution is 2.34. The number of nitrogens with one attached hydrogen (secondary N) is 1. The summed E-state index contributed by atoms with van der Waals surface area (Å²) in [7, 11) is -1.09. The van der Waals surface area contributed by atoms with Crippen LogP contribution in [0.5, 0.6) is 11.5 Å². The molecule has 0 aromatic heterocycles. The van der Waals surface area contributed by atoms with E-state index < -0.39 is 16.1 Å². The lowest BCUT2D eigenvalue weighted by Crippen LogP contribution is -2.50. The third-order valence-electron chi connectivity index (χ3n) is 5.79. The zero-order valence-corrected chi connectivity index (χ0v) is 19.6. The monoisotopic (exact) mass is 466 g/mol. The van der Waals surface area contributed by atoms with Gasteiger partial charge < -0.3 is 14.8 Å². The van der Waals surface area contributed by atoms with Crippen molar-refractivity contribution in [2.45, 2.75) is 30.8 Å². The lowest BCUT2D eigenvalue weighted by Gasteiger charge is -2.35. The Kier molecular flexibility index (Phi) is 6.40. The summed E-state index contributed by atoms with van der Waals surface area (Å²) >= 11 is 0. The summed E-state index contributed by atoms with van der Waals surface area (Å²) in [6, 6.07) is 18.5. The van der Waals surface area contributed by atoms with Crippen molar-refractivity contribution in [1.82, 2.24) is 4.31 Å². The average Bonchev–Trinajstić information content (AvgIpc) is 2.84. The molecule has 0 unspecified atom stereocenters. The minimum atomic E-state index is -4.02. The summed E-state index contributed by atoms with van der Waals surface area (Å²) in [6.45, 7) is 2.06. The van der Waals surface area contributed by atoms with Crippen LogP contribution in [0.4, 0.5) is 5.69 Å². The molecule has 3 aromatic carbocycles. The van der Waals surface area contributed by atoms with E-state index in [4.69, 9.17) is 9.47 Å². The third-order valence-corrected chi connectivity index (χ3v) is 7.64. The van der Waals surface area contributed by atoms with Crippen LogP contribution in [0.1, 0.15) is 16.7 Å². The number of benzene rings is 3. The average molecular weight is 467 g/mol. The fraction of sp³-hybridized carbons (Fsp3) is 0.240. The molecule has 0 saturated carbocycles. The maximum atomic E-state index is 13.7. The first-order valence-corrected chi connectivity index (χ1v) is 12.0. The van der Waals surface area contributed by atoms with Crippen LogP contribution < -0.4 is 14.8 Å². The van der Waals surface area contributed by atoms with Gasteiger partial charge in [0.15, 0.2) is 11.5 Å². The van der Waals surface area contributed by atoms with Crippen LogP contribution in [0.3, 0.4) is 0 Å². The predicted molar refractivity (Wildman–Crippen MR) is 126 cm³/mol. The fourth-order valence-electron chi connectivity index (χ4n) is 3.95. The number of hydrogen-bond donors (Lipinski definition) is 1. The largest absolute Gasteiger partial charge is 0.493 e. The van der Waals surface area contributed by atoms with Gasteiger partial charge in [-0.05, 0) is 48.7 Å². The Labute approximate surface area is 194 Å². The predicted octanol–water partition coefficient (Wildman–Crippen LogP) is 3.77. The van der Waals surface area contributed by atoms with Crippen molar-refractivity contribution < 1.29 is 22.7 Å². The Hall–Kier alpha value is -3.36. The fourth-order valence-corrected chi connectivity index (χ4v) is 5.53. The lowest BCUT2D eigenvalue weighted by atomic mass is 9.95. The Bertz CT molecular complexity index is 1270. The molecule has 7 nitrogen and oxygen atoms in total. The van der Waals surface area contributed by atoms with Crippen molar-refractivity contribution in [2.24, 2.45) is 0 Å². The van der Waals surface area contributed by atoms with Gasteiger partial charge in [0.25, 0.3) is 0 Å². The van der Waals surface area contributed by atoms with Crippen LogP contribution in [0.25, 0.3) is 0 Å². The Morgan fingerprint density at radius 3 is 2.27 bits per heavy atom. The van der Waals surface area contributed by atoms with Crippen molar-refractivity contribution in [3.63, 3.8) is 0 Å². The van der Waals surface area contributed by atoms with Crippen LogP contribution in [0.15, 0.2) is 71.6 Å². The summed E-state index contributed by atoms with van der Waals surface area (Å²) in [4.78, 5) is 13.3. The van der Waals surface area contributed by atoms with Crippen LogP contribution in [-0.4, -0.2) is 38.9 Å². The van der Waals surface area contributed by atoms with E-state index in [1.807, 2.05) is 43.3 Å². The maximum absolute atomic E-state index is 13.7. The van der Waals surface area contributed by atoms with Gasteiger partial charge in [0.2, 0.25) is 15.9 Å². The van der Waals surface area contributed by atoms with E-state index in [2.05, 4.69) is 5.32 Å². The molecule has 8 heteroatoms. The molecule has 0 fully saturated rings. The molecule has 172 valence electrons. The summed E-state index contributed by atoms with van der Waals surface area (Å²) in [6.07, 6.45) is 0.278. The van der Waals surface area contributed by atoms with Crippen molar-refractivity contribution in [2.75, 3.05) is 19.5 Å². The van der Waals surface area contributed by atoms with E-state index in [0.29, 0.717) is 17.2 Å². The van der Waals surface area contributed by atoms with E-state index in [1.54, 1.807) is 18.2 Å². The molecule has 0 bridgehead atoms. The number of sulfonamides is 1. The van der Waals surface area contributed by atoms with Gasteiger partial charge in [-0.3, -0.25) is 4.79 Å². The van der Waals surface area contributed by atoms with Crippen molar-refractivity contribution >= 4 is 21.6 Å². The quantitative estimate of drug-likeness (QED) is 0.598. The number of carbonyl (C=O) groups excluding carboxylic acids is 1. The number of amides is 1. The standard InChI is InChI=1S/C25H26N2O5S/c1-17-8-10-20(11-9-17)26-25(28)22-14-18-6-4-5-7-19(18)16-27(22)33(29,30)21-12-13-23(31-2)24(15-21)32-3/h4-13,15,22H,14,16H2,1-3H3,(H,26,28)/t22-/m1/s1. The zero-order chi connectivity index (χ0) is 23.6. The molecular formula is C25H26N2O5S. The third kappa shape index (κ3) is 4.58. The minimum absolute atomic E-state index is 0.0349. The Morgan fingerprint density at radius 2 is 1.61 bits per heavy atom. The van der Waals surface area contributed by atoms with Gasteiger partial charge in [0, 0.05) is 18.3 Å². The van der Waals surface area contributed by atoms with Crippen LogP contribution in [0.2, 0.25) is 0 Å². The van der Waals surface area contributed by atoms with Gasteiger partial charge >= 0.3 is 0 Å². The summed E-state index contributed by atoms with van der Waals surface area (Å²) in [5, 5.41) is 2.87. The highest BCUT2D eigenvalue weighted by atomic mass is 32.2. The number of fused-ring (bicyclic) bond motifs is 1. The van der Waals surface area contributed by atoms with Crippen molar-refractivity contribution in [1.29, 1.82) is 0 Å². The van der Waals surface area contributed by atoms with Crippen molar-refractivity contribution in [3.8, 4) is 11.5 Å². The van der Waals surface area contributed by atoms with E-state index in [0.717, 1.165) is 16.7 Å². The van der Waals surface area contributed by atoms with Gasteiger partial charge in [-0.1, -0.05) is 42.0 Å². The molecule has 4 rings (SSSR count). The first kappa shape index (κ1) is 22.8. The minimum Gasteiger partial charge on any atom is -0.493 e. The molecule has 33 heavy (non-hydrogen) atoms. The van der Waals surface area contributed by atoms with Gasteiger partial charge in [-0.2, -0.15) is 4.31 Å². The Morgan fingerprint density at radius 1 is 0.939 bits per heavy atom. The van der Waals surface area contributed by atoms with E-state index in [1.165, 1.54) is 30.7 Å². The second-order valence-corrected chi connectivity index (χ2v) is 9.80. The number of ether oxygens (including phenoxy) is 2. The van der Waals surface area contributed by atoms with Gasteiger partial charge in [0.1, 0.15) is 6.04 Å². The topological polar surface area (TPSA) is 84.9 Å². The first-order valence-electron chi connectivity index (χ1n) is 10.5. The molecule has 0 aliphatic carbocycles. The number of nitrogens with zero attached hydrogens (tertiary/aromatic N) is 1. The van der Waals surface area contributed by atoms with Crippen molar-refractivity contribution in [3.05, 3.63) is 83.4 Å². The highest BCUT2D eigenvalue weighted by molar-refractivity contribution is 7.89. The smallest absolute Gasteiger partial charge is 0.244 e. The Balaban J connectivity index is 1.72. The zero-order valence-electron chi connectivity index (χ0n) is 18.7. The first-order chi connectivity index (χ1) is 15.8. The molecule has 0 spiro atoms. The number of rotatable bonds is 6. The normalized spacial score (nSPS) is 16.0. The molecule has 1 N–H and O–H groups in total. The van der Waals surface area contributed by atoms with Gasteiger partial charge in [-0.25, -0.2) is 8.42 Å². The molecule has 1 heterocycles. The van der Waals surface area contributed by atoms with E-state index >= 15 is 0 Å². The molecule has 0 saturated heterocycles. The summed E-state index contributed by atoms with van der Waals surface area (Å²) in [5.74, 6) is 0.350. The lowest BCUT2D eigenvalue weighted by molar-refractivity contribution is -0.120. The van der Waals surface area contributed by atoms with E-state index in [-0.39, 0.29) is 23.8 Å². The van der Waals surface area contributed by atoms with Gasteiger partial charge in [-0.15, -0.1) is 0 Å². The molecule has 3 aromatic rings. The number of methoxy groups -OCH3 is 2. The molecule has 1 atom stereocenters. The van der Waals surface area contributed by atoms with Crippen LogP contribution >= 0.6 is 0 Å². The highest BCUT2D eigenvalue weighted by Gasteiger charge is 2.40. The maximum Gasteiger partial charge on any atom is 0.244 e. The summed E-state index contributed by atoms with van der Waals surface area (Å²) in [5.41, 5.74) is 3.52. The van der Waals surface area contributed by atoms with E-state index in [9.17, 15) is 13.2 Å². The molecule has 0 radical (unpaired) electrons. The number of aryl methyl sites for hydroxylation is 1. The second kappa shape index (κ2) is 9.25. The molecule has 1 aliphatic rings. The molecular weight excluding hydrogens is 440 g/mol. The number of carbonyl (C=O) groups is 1. The summed E-state index contributed by atoms with van der Waals surface area (Å²) < 4.78 is 39.2.